The number of hydrogen-bond donors (Lipinski definition) is 0. The molecule has 2 aromatic heterocycles. The summed E-state index contributed by atoms with van der Waals surface area (Å²) in [7, 11) is -1.08. The van der Waals surface area contributed by atoms with Crippen LogP contribution < -0.4 is 0 Å². The number of hydrogen-bond acceptors (Lipinski definition) is 8. The average molecular weight is 526 g/mol. The number of ether oxygens (including phenoxy) is 1. The largest absolute Gasteiger partial charge is 0.410 e. The Bertz CT molecular complexity index is 866. The second kappa shape index (κ2) is 12.6. The molecular weight excluding hydrogens is 500 g/mol. The molecule has 0 amide bonds. The van der Waals surface area contributed by atoms with Crippen molar-refractivity contribution in [2.45, 2.75) is 51.0 Å². The van der Waals surface area contributed by atoms with Gasteiger partial charge >= 0.3 is 0 Å². The van der Waals surface area contributed by atoms with Crippen molar-refractivity contribution in [3.05, 3.63) is 17.8 Å². The molecule has 1 saturated heterocycles. The zero-order chi connectivity index (χ0) is 20.8. The molecule has 3 rings (SSSR count). The Morgan fingerprint density at radius 2 is 2.27 bits per heavy atom. The van der Waals surface area contributed by atoms with Crippen LogP contribution in [0.4, 0.5) is 5.95 Å². The summed E-state index contributed by atoms with van der Waals surface area (Å²) in [6.45, 7) is 4.34. The van der Waals surface area contributed by atoms with Crippen LogP contribution in [0, 0.1) is 11.3 Å². The maximum Gasteiger partial charge on any atom is 0.167 e. The van der Waals surface area contributed by atoms with Gasteiger partial charge < -0.3 is 34.1 Å². The first kappa shape index (κ1) is 25.9. The van der Waals surface area contributed by atoms with Gasteiger partial charge in [0.05, 0.1) is 48.8 Å². The van der Waals surface area contributed by atoms with Gasteiger partial charge in [-0.25, -0.2) is 4.98 Å². The van der Waals surface area contributed by atoms with Crippen molar-refractivity contribution in [2.24, 2.45) is 0 Å². The molecule has 1 aliphatic heterocycles. The van der Waals surface area contributed by atoms with Gasteiger partial charge in [-0.2, -0.15) is 17.0 Å². The van der Waals surface area contributed by atoms with Crippen molar-refractivity contribution in [1.82, 2.24) is 19.5 Å². The number of nitrogens with one attached hydrogen (secondary N) is 1. The van der Waals surface area contributed by atoms with E-state index in [1.165, 1.54) is 0 Å². The molecule has 0 aromatic carbocycles. The second-order valence-corrected chi connectivity index (χ2v) is 8.99. The zero-order valence-electron chi connectivity index (χ0n) is 17.4. The SMILES string of the molecule is CCC1OC(n2cnc3c(CCSC)nc([NH-])nc32)CC1OP(C)OCCC#N.[Y]. The van der Waals surface area contributed by atoms with Crippen LogP contribution >= 0.6 is 20.1 Å². The molecule has 1 fully saturated rings. The van der Waals surface area contributed by atoms with Crippen LogP contribution in [-0.4, -0.2) is 57.0 Å². The van der Waals surface area contributed by atoms with Crippen molar-refractivity contribution in [3.8, 4) is 6.07 Å². The van der Waals surface area contributed by atoms with Crippen LogP contribution in [0.5, 0.6) is 0 Å². The van der Waals surface area contributed by atoms with E-state index in [1.807, 2.05) is 17.5 Å². The minimum Gasteiger partial charge on any atom is -0.410 e. The fourth-order valence-corrected chi connectivity index (χ4v) is 4.75. The van der Waals surface area contributed by atoms with Gasteiger partial charge in [0.2, 0.25) is 0 Å². The summed E-state index contributed by atoms with van der Waals surface area (Å²) < 4.78 is 19.8. The summed E-state index contributed by atoms with van der Waals surface area (Å²) in [4.78, 5) is 13.1. The van der Waals surface area contributed by atoms with Crippen LogP contribution in [-0.2, 0) is 52.9 Å². The summed E-state index contributed by atoms with van der Waals surface area (Å²) in [5, 5.41) is 8.64. The van der Waals surface area contributed by atoms with E-state index in [4.69, 9.17) is 24.8 Å². The van der Waals surface area contributed by atoms with Crippen molar-refractivity contribution in [1.29, 1.82) is 5.26 Å². The molecule has 4 atom stereocenters. The van der Waals surface area contributed by atoms with E-state index >= 15 is 0 Å². The summed E-state index contributed by atoms with van der Waals surface area (Å²) >= 11 is 1.73. The average Bonchev–Trinajstić information content (AvgIpc) is 3.29. The number of fused-ring (bicyclic) bond motifs is 1. The number of aryl methyl sites for hydroxylation is 1. The van der Waals surface area contributed by atoms with Crippen LogP contribution in [0.1, 0.15) is 38.1 Å². The van der Waals surface area contributed by atoms with Crippen molar-refractivity contribution in [3.63, 3.8) is 0 Å². The van der Waals surface area contributed by atoms with Crippen molar-refractivity contribution < 1.29 is 46.5 Å². The number of imidazole rings is 1. The predicted octanol–water partition coefficient (Wildman–Crippen LogP) is 4.37. The molecule has 0 aliphatic carbocycles. The monoisotopic (exact) mass is 526 g/mol. The van der Waals surface area contributed by atoms with E-state index in [9.17, 15) is 0 Å². The van der Waals surface area contributed by atoms with Gasteiger partial charge in [0.25, 0.3) is 0 Å². The zero-order valence-corrected chi connectivity index (χ0v) is 22.0. The van der Waals surface area contributed by atoms with Crippen molar-refractivity contribution >= 4 is 37.2 Å². The van der Waals surface area contributed by atoms with Gasteiger partial charge in [-0.3, -0.25) is 0 Å². The fourth-order valence-electron chi connectivity index (χ4n) is 3.34. The molecule has 161 valence electrons. The van der Waals surface area contributed by atoms with E-state index in [2.05, 4.69) is 27.9 Å². The Morgan fingerprint density at radius 1 is 1.47 bits per heavy atom. The standard InChI is InChI=1S/C18H26N6O3PS.Y/c1-4-13-14(27-28(2)25-8-5-7-19)10-15(26-13)24-11-21-16-12(6-9-29-3)22-18(20)23-17(16)24;/h11,13-15H,4-6,8-10H2,1-3H3,(H-,20,22,23);/q-1;. The Balaban J connectivity index is 0.00000320. The first-order valence-electron chi connectivity index (χ1n) is 9.57. The Hall–Kier alpha value is -0.396. The van der Waals surface area contributed by atoms with E-state index in [0.717, 1.165) is 29.8 Å². The number of thioether (sulfide) groups is 1. The topological polar surface area (TPSA) is 119 Å². The first-order chi connectivity index (χ1) is 14.1. The molecule has 1 radical (unpaired) electrons. The van der Waals surface area contributed by atoms with Gasteiger partial charge in [0.1, 0.15) is 6.23 Å². The maximum atomic E-state index is 8.64. The molecule has 3 heterocycles. The minimum atomic E-state index is -1.08. The number of aromatic nitrogens is 4. The molecule has 0 bridgehead atoms. The first-order valence-corrected chi connectivity index (χ1v) is 12.6. The summed E-state index contributed by atoms with van der Waals surface area (Å²) in [5.41, 5.74) is 10.1. The van der Waals surface area contributed by atoms with Gasteiger partial charge in [0, 0.05) is 51.7 Å². The third-order valence-electron chi connectivity index (χ3n) is 4.70. The smallest absolute Gasteiger partial charge is 0.167 e. The predicted molar refractivity (Wildman–Crippen MR) is 114 cm³/mol. The van der Waals surface area contributed by atoms with E-state index < -0.39 is 8.38 Å². The van der Waals surface area contributed by atoms with E-state index in [0.29, 0.717) is 25.1 Å². The number of nitrogens with zero attached hydrogens (tertiary/aromatic N) is 5. The number of nitriles is 1. The van der Waals surface area contributed by atoms with E-state index in [1.54, 1.807) is 18.1 Å². The van der Waals surface area contributed by atoms with Crippen LogP contribution in [0.3, 0.4) is 0 Å². The minimum absolute atomic E-state index is 0. The quantitative estimate of drug-likeness (QED) is 0.331. The van der Waals surface area contributed by atoms with Crippen LogP contribution in [0.2, 0.25) is 0 Å². The van der Waals surface area contributed by atoms with Gasteiger partial charge in [0.15, 0.2) is 8.38 Å². The number of rotatable bonds is 10. The summed E-state index contributed by atoms with van der Waals surface area (Å²) in [5.74, 6) is 0.911. The normalized spacial score (nSPS) is 22.0. The summed E-state index contributed by atoms with van der Waals surface area (Å²) in [6, 6.07) is 2.07. The Morgan fingerprint density at radius 3 is 2.97 bits per heavy atom. The molecule has 1 aliphatic rings. The molecule has 30 heavy (non-hydrogen) atoms. The molecule has 0 saturated carbocycles. The van der Waals surface area contributed by atoms with Crippen molar-refractivity contribution in [2.75, 3.05) is 25.3 Å². The molecule has 12 heteroatoms. The third kappa shape index (κ3) is 6.32. The van der Waals surface area contributed by atoms with E-state index in [-0.39, 0.29) is 57.1 Å². The molecule has 4 unspecified atom stereocenters. The summed E-state index contributed by atoms with van der Waals surface area (Å²) in [6.07, 6.45) is 5.90. The maximum absolute atomic E-state index is 8.64. The molecule has 9 nitrogen and oxygen atoms in total. The van der Waals surface area contributed by atoms with Crippen LogP contribution in [0.15, 0.2) is 6.33 Å². The Labute approximate surface area is 207 Å². The van der Waals surface area contributed by atoms with Gasteiger partial charge in [-0.15, -0.1) is 0 Å². The molecular formula is C18H26N6O3PSY-. The fraction of sp³-hybridized carbons (Fsp3) is 0.667. The molecule has 0 spiro atoms. The van der Waals surface area contributed by atoms with Gasteiger partial charge in [-0.1, -0.05) is 6.92 Å². The molecule has 1 N–H and O–H groups in total. The van der Waals surface area contributed by atoms with Gasteiger partial charge in [-0.05, 0) is 30.5 Å². The third-order valence-corrected chi connectivity index (χ3v) is 6.43. The molecule has 2 aromatic rings. The Kier molecular flexibility index (Phi) is 10.9. The second-order valence-electron chi connectivity index (χ2n) is 6.66. The van der Waals surface area contributed by atoms with Crippen LogP contribution in [0.25, 0.3) is 16.9 Å².